The fourth-order valence-corrected chi connectivity index (χ4v) is 12.8. The summed E-state index contributed by atoms with van der Waals surface area (Å²) < 4.78 is 6.02. The summed E-state index contributed by atoms with van der Waals surface area (Å²) in [5.41, 5.74) is 16.1. The molecule has 0 N–H and O–H groups in total. The summed E-state index contributed by atoms with van der Waals surface area (Å²) in [5.74, 6) is 0. The van der Waals surface area contributed by atoms with Crippen LogP contribution in [-0.4, -0.2) is 9.13 Å². The van der Waals surface area contributed by atoms with E-state index in [9.17, 15) is 0 Å². The van der Waals surface area contributed by atoms with E-state index in [1.807, 2.05) is 0 Å². The second-order valence-electron chi connectivity index (χ2n) is 19.3. The van der Waals surface area contributed by atoms with E-state index in [0.29, 0.717) is 0 Å². The first-order valence-electron chi connectivity index (χ1n) is 25.6. The van der Waals surface area contributed by atoms with Gasteiger partial charge in [-0.2, -0.15) is 0 Å². The van der Waals surface area contributed by atoms with E-state index in [4.69, 9.17) is 0 Å². The van der Waals surface area contributed by atoms with Crippen LogP contribution in [0.5, 0.6) is 0 Å². The Morgan fingerprint density at radius 1 is 0.280 bits per heavy atom. The molecule has 4 nitrogen and oxygen atoms in total. The highest BCUT2D eigenvalue weighted by Gasteiger charge is 2.24. The van der Waals surface area contributed by atoms with E-state index in [1.165, 1.54) is 80.8 Å². The number of hydrogen-bond donors (Lipinski definition) is 0. The van der Waals surface area contributed by atoms with E-state index >= 15 is 0 Å². The van der Waals surface area contributed by atoms with Crippen molar-refractivity contribution in [1.29, 1.82) is 0 Å². The summed E-state index contributed by atoms with van der Waals surface area (Å²) in [6, 6.07) is 99.9. The molecule has 12 aromatic carbocycles. The molecule has 0 fully saturated rings. The van der Waals surface area contributed by atoms with Gasteiger partial charge in [0.15, 0.2) is 0 Å². The number of fused-ring (bicyclic) bond motifs is 9. The Kier molecular flexibility index (Phi) is 10.0. The third-order valence-electron chi connectivity index (χ3n) is 15.1. The molecule has 3 aromatic heterocycles. The van der Waals surface area contributed by atoms with Crippen LogP contribution in [0, 0.1) is 0 Å². The van der Waals surface area contributed by atoms with Crippen LogP contribution in [0.1, 0.15) is 0 Å². The van der Waals surface area contributed by atoms with Crippen LogP contribution in [0.4, 0.5) is 34.1 Å². The highest BCUT2D eigenvalue weighted by molar-refractivity contribution is 7.17. The number of para-hydroxylation sites is 4. The van der Waals surface area contributed by atoms with Crippen molar-refractivity contribution < 1.29 is 0 Å². The van der Waals surface area contributed by atoms with Crippen molar-refractivity contribution in [3.63, 3.8) is 0 Å². The minimum absolute atomic E-state index is 1.09. The van der Waals surface area contributed by atoms with Gasteiger partial charge in [-0.25, -0.2) is 0 Å². The number of benzene rings is 12. The Labute approximate surface area is 438 Å². The van der Waals surface area contributed by atoms with Gasteiger partial charge in [-0.05, 0) is 136 Å². The zero-order chi connectivity index (χ0) is 49.4. The number of hydrogen-bond acceptors (Lipinski definition) is 3. The third-order valence-corrected chi connectivity index (χ3v) is 16.1. The lowest BCUT2D eigenvalue weighted by atomic mass is 9.99. The summed E-state index contributed by atoms with van der Waals surface area (Å²) in [4.78, 5) is 4.94. The SMILES string of the molecule is c1ccc(-n2c3ccccc3c3cc(N(c4cccc(-c5ccc(N(c6ccc7c(c6)c6ccccc6n7-c6ccccc6)c6cccc7ccccc67)c6ccsc56)c4)c4cccc5ccccc45)ccc32)cc1. The van der Waals surface area contributed by atoms with Gasteiger partial charge in [-0.3, -0.25) is 0 Å². The quantitative estimate of drug-likeness (QED) is 0.143. The number of anilines is 6. The first kappa shape index (κ1) is 43.0. The van der Waals surface area contributed by atoms with Gasteiger partial charge in [-0.15, -0.1) is 11.3 Å². The topological polar surface area (TPSA) is 16.3 Å². The number of nitrogens with zero attached hydrogens (tertiary/aromatic N) is 4. The minimum atomic E-state index is 1.09. The largest absolute Gasteiger partial charge is 0.310 e. The molecule has 0 bridgehead atoms. The zero-order valence-electron chi connectivity index (χ0n) is 40.8. The van der Waals surface area contributed by atoms with Gasteiger partial charge in [-0.1, -0.05) is 164 Å². The predicted molar refractivity (Wildman–Crippen MR) is 320 cm³/mol. The van der Waals surface area contributed by atoms with Crippen molar-refractivity contribution in [2.45, 2.75) is 0 Å². The summed E-state index contributed by atoms with van der Waals surface area (Å²) in [5, 5.41) is 13.1. The van der Waals surface area contributed by atoms with Crippen LogP contribution in [0.15, 0.2) is 278 Å². The molecule has 0 amide bonds. The summed E-state index contributed by atoms with van der Waals surface area (Å²) >= 11 is 1.81. The Morgan fingerprint density at radius 2 is 0.733 bits per heavy atom. The fraction of sp³-hybridized carbons (Fsp3) is 0. The van der Waals surface area contributed by atoms with Crippen LogP contribution in [0.25, 0.3) is 97.7 Å². The minimum Gasteiger partial charge on any atom is -0.310 e. The molecule has 75 heavy (non-hydrogen) atoms. The lowest BCUT2D eigenvalue weighted by Gasteiger charge is -2.29. The lowest BCUT2D eigenvalue weighted by Crippen LogP contribution is -2.11. The normalized spacial score (nSPS) is 11.7. The van der Waals surface area contributed by atoms with Crippen molar-refractivity contribution in [1.82, 2.24) is 9.13 Å². The molecule has 0 spiro atoms. The Bertz CT molecular complexity index is 4670. The van der Waals surface area contributed by atoms with Crippen LogP contribution in [-0.2, 0) is 0 Å². The average molecular weight is 975 g/mol. The molecule has 0 aliphatic rings. The molecule has 0 aliphatic heterocycles. The molecule has 0 atom stereocenters. The van der Waals surface area contributed by atoms with Gasteiger partial charge in [0.25, 0.3) is 0 Å². The first-order valence-corrected chi connectivity index (χ1v) is 26.5. The molecule has 0 saturated heterocycles. The predicted octanol–water partition coefficient (Wildman–Crippen LogP) is 20.0. The van der Waals surface area contributed by atoms with Crippen molar-refractivity contribution in [3.8, 4) is 22.5 Å². The molecule has 0 saturated carbocycles. The second-order valence-corrected chi connectivity index (χ2v) is 20.2. The Hall–Kier alpha value is -9.68. The number of aromatic nitrogens is 2. The first-order chi connectivity index (χ1) is 37.2. The standard InChI is InChI=1S/C70H46N4S/c1-3-23-50(24-4-1)72-65-32-13-11-30-58(65)61-45-53(36-39-68(61)72)71(63-34-16-20-47-18-7-9-28-55(47)63)52-27-15-22-49(44-52)57-38-41-67(60-42-43-75-70(57)60)74(64-35-17-21-48-19-8-10-29-56(48)64)54-37-40-69-62(46-54)59-31-12-14-33-66(59)73(69)51-25-5-2-6-26-51/h1-46H. The van der Waals surface area contributed by atoms with Gasteiger partial charge in [0.2, 0.25) is 0 Å². The van der Waals surface area contributed by atoms with Crippen molar-refractivity contribution in [2.75, 3.05) is 9.80 Å². The summed E-state index contributed by atoms with van der Waals surface area (Å²) in [7, 11) is 0. The molecule has 15 aromatic rings. The van der Waals surface area contributed by atoms with Crippen LogP contribution < -0.4 is 9.80 Å². The van der Waals surface area contributed by atoms with E-state index in [-0.39, 0.29) is 0 Å². The molecule has 15 rings (SSSR count). The molecule has 5 heteroatoms. The van der Waals surface area contributed by atoms with Crippen LogP contribution in [0.3, 0.4) is 0 Å². The fourth-order valence-electron chi connectivity index (χ4n) is 11.8. The Morgan fingerprint density at radius 3 is 1.33 bits per heavy atom. The zero-order valence-corrected chi connectivity index (χ0v) is 41.6. The third kappa shape index (κ3) is 6.97. The van der Waals surface area contributed by atoms with Crippen LogP contribution >= 0.6 is 11.3 Å². The van der Waals surface area contributed by atoms with Gasteiger partial charge < -0.3 is 18.9 Å². The smallest absolute Gasteiger partial charge is 0.0549 e. The molecular formula is C70H46N4S. The molecular weight excluding hydrogens is 929 g/mol. The van der Waals surface area contributed by atoms with E-state index < -0.39 is 0 Å². The lowest BCUT2D eigenvalue weighted by molar-refractivity contribution is 1.18. The summed E-state index contributed by atoms with van der Waals surface area (Å²) in [6.45, 7) is 0. The van der Waals surface area contributed by atoms with Gasteiger partial charge >= 0.3 is 0 Å². The maximum Gasteiger partial charge on any atom is 0.0549 e. The highest BCUT2D eigenvalue weighted by atomic mass is 32.1. The maximum atomic E-state index is 2.48. The van der Waals surface area contributed by atoms with Gasteiger partial charge in [0, 0.05) is 70.8 Å². The highest BCUT2D eigenvalue weighted by Crippen LogP contribution is 2.49. The second kappa shape index (κ2) is 17.5. The van der Waals surface area contributed by atoms with Gasteiger partial charge in [0.05, 0.1) is 39.1 Å². The molecule has 3 heterocycles. The maximum absolute atomic E-state index is 2.48. The summed E-state index contributed by atoms with van der Waals surface area (Å²) in [6.07, 6.45) is 0. The van der Waals surface area contributed by atoms with Crippen LogP contribution in [0.2, 0.25) is 0 Å². The van der Waals surface area contributed by atoms with Crippen molar-refractivity contribution in [2.24, 2.45) is 0 Å². The Balaban J connectivity index is 0.907. The molecule has 0 radical (unpaired) electrons. The molecule has 352 valence electrons. The van der Waals surface area contributed by atoms with Gasteiger partial charge in [0.1, 0.15) is 0 Å². The van der Waals surface area contributed by atoms with E-state index in [1.54, 1.807) is 11.3 Å². The van der Waals surface area contributed by atoms with E-state index in [0.717, 1.165) is 51.1 Å². The van der Waals surface area contributed by atoms with Crippen molar-refractivity contribution >= 4 is 121 Å². The average Bonchev–Trinajstić information content (AvgIpc) is 4.20. The molecule has 0 aliphatic carbocycles. The monoisotopic (exact) mass is 974 g/mol. The van der Waals surface area contributed by atoms with E-state index in [2.05, 4.69) is 297 Å². The van der Waals surface area contributed by atoms with Crippen molar-refractivity contribution in [3.05, 3.63) is 278 Å². The number of rotatable bonds is 9. The molecule has 0 unspecified atom stereocenters. The number of thiophene rings is 1.